The van der Waals surface area contributed by atoms with Crippen molar-refractivity contribution in [3.8, 4) is 17.2 Å². The van der Waals surface area contributed by atoms with Gasteiger partial charge in [0.15, 0.2) is 0 Å². The van der Waals surface area contributed by atoms with Crippen molar-refractivity contribution in [2.45, 2.75) is 27.2 Å². The zero-order valence-corrected chi connectivity index (χ0v) is 24.6. The molecule has 1 N–H and O–H groups in total. The number of halogens is 1. The second kappa shape index (κ2) is 14.3. The summed E-state index contributed by atoms with van der Waals surface area (Å²) in [6.07, 6.45) is 1.49. The summed E-state index contributed by atoms with van der Waals surface area (Å²) in [5.41, 5.74) is 2.60. The van der Waals surface area contributed by atoms with Crippen molar-refractivity contribution in [1.29, 1.82) is 0 Å². The molecule has 0 aliphatic heterocycles. The van der Waals surface area contributed by atoms with Crippen LogP contribution >= 0.6 is 0 Å². The van der Waals surface area contributed by atoms with Gasteiger partial charge in [-0.15, -0.1) is 0 Å². The van der Waals surface area contributed by atoms with Crippen molar-refractivity contribution < 1.29 is 23.4 Å². The lowest BCUT2D eigenvalue weighted by Crippen LogP contribution is -2.31. The molecular formula is C32H36FN5O4. The molecule has 0 spiro atoms. The van der Waals surface area contributed by atoms with E-state index in [0.717, 1.165) is 29.1 Å². The number of hydrogen-bond donors (Lipinski definition) is 1. The number of hydrogen-bond acceptors (Lipinski definition) is 8. The Morgan fingerprint density at radius 3 is 2.38 bits per heavy atom. The molecule has 0 radical (unpaired) electrons. The van der Waals surface area contributed by atoms with E-state index in [9.17, 15) is 9.18 Å². The lowest BCUT2D eigenvalue weighted by Gasteiger charge is -2.24. The van der Waals surface area contributed by atoms with Crippen molar-refractivity contribution in [2.24, 2.45) is 0 Å². The molecule has 4 aromatic rings. The molecule has 1 aromatic heterocycles. The van der Waals surface area contributed by atoms with Crippen LogP contribution in [0.25, 0.3) is 0 Å². The number of aryl methyl sites for hydroxylation is 2. The number of para-hydroxylation sites is 1. The fourth-order valence-corrected chi connectivity index (χ4v) is 4.05. The Labute approximate surface area is 245 Å². The molecule has 220 valence electrons. The molecule has 42 heavy (non-hydrogen) atoms. The van der Waals surface area contributed by atoms with Crippen molar-refractivity contribution in [1.82, 2.24) is 14.9 Å². The van der Waals surface area contributed by atoms with Crippen LogP contribution in [0.1, 0.15) is 24.5 Å². The summed E-state index contributed by atoms with van der Waals surface area (Å²) < 4.78 is 31.8. The van der Waals surface area contributed by atoms with Gasteiger partial charge in [-0.25, -0.2) is 19.1 Å². The van der Waals surface area contributed by atoms with Crippen LogP contribution in [-0.2, 0) is 0 Å². The largest absolute Gasteiger partial charge is 0.492 e. The molecule has 0 atom stereocenters. The summed E-state index contributed by atoms with van der Waals surface area (Å²) in [6.45, 7) is 7.38. The van der Waals surface area contributed by atoms with Crippen LogP contribution in [0.15, 0.2) is 72.9 Å². The molecule has 9 nitrogen and oxygen atoms in total. The smallest absolute Gasteiger partial charge is 0.425 e. The molecule has 4 rings (SSSR count). The highest BCUT2D eigenvalue weighted by Gasteiger charge is 2.27. The zero-order valence-electron chi connectivity index (χ0n) is 24.6. The van der Waals surface area contributed by atoms with Gasteiger partial charge in [0.05, 0.1) is 12.3 Å². The Hall–Kier alpha value is -4.70. The Balaban J connectivity index is 1.66. The van der Waals surface area contributed by atoms with Crippen LogP contribution in [0, 0.1) is 19.7 Å². The van der Waals surface area contributed by atoms with E-state index in [1.807, 2.05) is 82.2 Å². The number of amides is 1. The topological polar surface area (TPSA) is 89.0 Å². The fourth-order valence-electron chi connectivity index (χ4n) is 4.05. The molecule has 0 fully saturated rings. The number of nitrogens with one attached hydrogen (secondary N) is 1. The number of rotatable bonds is 12. The van der Waals surface area contributed by atoms with Crippen LogP contribution in [0.3, 0.4) is 0 Å². The molecule has 0 saturated heterocycles. The highest BCUT2D eigenvalue weighted by Crippen LogP contribution is 2.36. The molecule has 3 aromatic carbocycles. The molecule has 1 amide bonds. The summed E-state index contributed by atoms with van der Waals surface area (Å²) in [7, 11) is 3.98. The van der Waals surface area contributed by atoms with Gasteiger partial charge in [0, 0.05) is 30.6 Å². The van der Waals surface area contributed by atoms with Crippen molar-refractivity contribution in [3.05, 3.63) is 89.9 Å². The first-order valence-corrected chi connectivity index (χ1v) is 13.7. The summed E-state index contributed by atoms with van der Waals surface area (Å²) in [6, 6.07) is 18.6. The predicted molar refractivity (Wildman–Crippen MR) is 162 cm³/mol. The van der Waals surface area contributed by atoms with Gasteiger partial charge in [-0.3, -0.25) is 0 Å². The van der Waals surface area contributed by atoms with E-state index in [1.54, 1.807) is 6.07 Å². The number of aromatic nitrogens is 2. The third-order valence-electron chi connectivity index (χ3n) is 6.19. The first-order chi connectivity index (χ1) is 20.2. The zero-order chi connectivity index (χ0) is 30.1. The number of likely N-dealkylation sites (N-methyl/N-ethyl adjacent to an activating group) is 1. The van der Waals surface area contributed by atoms with Crippen LogP contribution in [0.4, 0.5) is 32.3 Å². The number of carbonyl (C=O) groups is 1. The first-order valence-electron chi connectivity index (χ1n) is 13.7. The van der Waals surface area contributed by atoms with E-state index in [0.29, 0.717) is 25.4 Å². The summed E-state index contributed by atoms with van der Waals surface area (Å²) in [5, 5.41) is 3.16. The van der Waals surface area contributed by atoms with E-state index in [2.05, 4.69) is 15.3 Å². The highest BCUT2D eigenvalue weighted by molar-refractivity contribution is 5.98. The van der Waals surface area contributed by atoms with Gasteiger partial charge in [-0.05, 0) is 81.9 Å². The van der Waals surface area contributed by atoms with E-state index >= 15 is 0 Å². The highest BCUT2D eigenvalue weighted by atomic mass is 19.1. The molecule has 1 heterocycles. The maximum absolute atomic E-state index is 14.3. The maximum Gasteiger partial charge on any atom is 0.425 e. The predicted octanol–water partition coefficient (Wildman–Crippen LogP) is 7.04. The number of benzene rings is 3. The number of anilines is 4. The van der Waals surface area contributed by atoms with E-state index in [4.69, 9.17) is 14.2 Å². The third kappa shape index (κ3) is 7.94. The standard InChI is InChI=1S/C32H36FN5O4/c1-6-19-41-28-21-24(33)10-15-27(28)38(32(39)42-30-22(2)8-7-9-23(30)3)29-16-17-34-31(36-29)35-25-11-13-26(14-12-25)40-20-18-37(4)5/h7-17,21H,6,18-20H2,1-5H3,(H,34,35,36). The van der Waals surface area contributed by atoms with Crippen LogP contribution in [-0.4, -0.2) is 54.8 Å². The van der Waals surface area contributed by atoms with Crippen molar-refractivity contribution in [2.75, 3.05) is 44.1 Å². The summed E-state index contributed by atoms with van der Waals surface area (Å²) in [4.78, 5) is 26.1. The quantitative estimate of drug-likeness (QED) is 0.193. The van der Waals surface area contributed by atoms with Gasteiger partial charge < -0.3 is 24.4 Å². The molecular weight excluding hydrogens is 537 g/mol. The van der Waals surface area contributed by atoms with Crippen LogP contribution < -0.4 is 24.4 Å². The van der Waals surface area contributed by atoms with Gasteiger partial charge in [0.2, 0.25) is 5.95 Å². The van der Waals surface area contributed by atoms with E-state index < -0.39 is 11.9 Å². The first kappa shape index (κ1) is 30.3. The van der Waals surface area contributed by atoms with Gasteiger partial charge >= 0.3 is 6.09 Å². The molecule has 0 saturated carbocycles. The number of nitrogens with zero attached hydrogens (tertiary/aromatic N) is 4. The second-order valence-corrected chi connectivity index (χ2v) is 9.92. The van der Waals surface area contributed by atoms with Gasteiger partial charge in [0.1, 0.15) is 35.5 Å². The lowest BCUT2D eigenvalue weighted by atomic mass is 10.1. The summed E-state index contributed by atoms with van der Waals surface area (Å²) >= 11 is 0. The van der Waals surface area contributed by atoms with Crippen molar-refractivity contribution in [3.63, 3.8) is 0 Å². The monoisotopic (exact) mass is 573 g/mol. The number of ether oxygens (including phenoxy) is 3. The minimum Gasteiger partial charge on any atom is -0.492 e. The molecule has 10 heteroatoms. The van der Waals surface area contributed by atoms with Gasteiger partial charge in [0.25, 0.3) is 0 Å². The molecule has 0 unspecified atom stereocenters. The molecule has 0 bridgehead atoms. The lowest BCUT2D eigenvalue weighted by molar-refractivity contribution is 0.209. The van der Waals surface area contributed by atoms with E-state index in [-0.39, 0.29) is 23.2 Å². The Bertz CT molecular complexity index is 1480. The Morgan fingerprint density at radius 2 is 1.69 bits per heavy atom. The maximum atomic E-state index is 14.3. The van der Waals surface area contributed by atoms with Crippen LogP contribution in [0.5, 0.6) is 17.2 Å². The molecule has 0 aliphatic rings. The summed E-state index contributed by atoms with van der Waals surface area (Å²) in [5.74, 6) is 1.33. The third-order valence-corrected chi connectivity index (χ3v) is 6.19. The number of carbonyl (C=O) groups excluding carboxylic acids is 1. The van der Waals surface area contributed by atoms with Crippen LogP contribution in [0.2, 0.25) is 0 Å². The minimum atomic E-state index is -0.732. The Morgan fingerprint density at radius 1 is 0.952 bits per heavy atom. The molecule has 0 aliphatic carbocycles. The minimum absolute atomic E-state index is 0.188. The van der Waals surface area contributed by atoms with Crippen molar-refractivity contribution >= 4 is 29.2 Å². The van der Waals surface area contributed by atoms with Gasteiger partial charge in [-0.1, -0.05) is 25.1 Å². The fraction of sp³-hybridized carbons (Fsp3) is 0.281. The Kier molecular flexibility index (Phi) is 10.3. The normalized spacial score (nSPS) is 10.8. The second-order valence-electron chi connectivity index (χ2n) is 9.92. The average Bonchev–Trinajstić information content (AvgIpc) is 2.96. The van der Waals surface area contributed by atoms with Gasteiger partial charge in [-0.2, -0.15) is 4.98 Å². The van der Waals surface area contributed by atoms with E-state index in [1.165, 1.54) is 29.3 Å². The SMILES string of the molecule is CCCOc1cc(F)ccc1N(C(=O)Oc1c(C)cccc1C)c1ccnc(Nc2ccc(OCCN(C)C)cc2)n1. The average molecular weight is 574 g/mol.